The number of nitrogens with one attached hydrogen (secondary N) is 1. The Balaban J connectivity index is 1.95. The number of hydrogen-bond donors (Lipinski definition) is 1. The van der Waals surface area contributed by atoms with Crippen molar-refractivity contribution in [2.75, 3.05) is 26.2 Å². The number of rotatable bonds is 3. The van der Waals surface area contributed by atoms with E-state index in [4.69, 9.17) is 0 Å². The average Bonchev–Trinajstić information content (AvgIpc) is 2.53. The van der Waals surface area contributed by atoms with Crippen LogP contribution in [0.4, 0.5) is 5.69 Å². The first-order valence-corrected chi connectivity index (χ1v) is 6.90. The van der Waals surface area contributed by atoms with Crippen LogP contribution < -0.4 is 5.32 Å². The number of nitro benzene ring substituents is 1. The van der Waals surface area contributed by atoms with Crippen molar-refractivity contribution in [2.45, 2.75) is 0 Å². The Hall–Kier alpha value is -2.47. The summed E-state index contributed by atoms with van der Waals surface area (Å²) < 4.78 is 0. The predicted octanol–water partition coefficient (Wildman–Crippen LogP) is 2.02. The number of fused-ring (bicyclic) bond motifs is 1. The average molecular weight is 284 g/mol. The van der Waals surface area contributed by atoms with Gasteiger partial charge >= 0.3 is 0 Å². The van der Waals surface area contributed by atoms with Crippen LogP contribution in [0.1, 0.15) is 5.56 Å². The van der Waals surface area contributed by atoms with Crippen molar-refractivity contribution in [3.63, 3.8) is 0 Å². The maximum absolute atomic E-state index is 10.9. The summed E-state index contributed by atoms with van der Waals surface area (Å²) in [6.45, 7) is 3.90. The minimum absolute atomic E-state index is 0.0901. The maximum Gasteiger partial charge on any atom is 0.270 e. The topological polar surface area (TPSA) is 71.3 Å². The second-order valence-corrected chi connectivity index (χ2v) is 4.96. The Morgan fingerprint density at radius 3 is 2.86 bits per heavy atom. The van der Waals surface area contributed by atoms with Gasteiger partial charge in [0.25, 0.3) is 5.69 Å². The quantitative estimate of drug-likeness (QED) is 0.689. The standard InChI is InChI=1S/C15H16N4O2/c20-19(21)13-1-2-15-14(11-13)12(3-5-17-15)4-8-18-9-6-16-7-10-18/h1-5,8,11,16H,6-7,9-10H2. The van der Waals surface area contributed by atoms with Crippen molar-refractivity contribution in [1.82, 2.24) is 15.2 Å². The van der Waals surface area contributed by atoms with Crippen molar-refractivity contribution in [1.29, 1.82) is 0 Å². The molecule has 1 fully saturated rings. The van der Waals surface area contributed by atoms with E-state index in [0.29, 0.717) is 0 Å². The van der Waals surface area contributed by atoms with Gasteiger partial charge in [0.15, 0.2) is 0 Å². The molecule has 1 aromatic carbocycles. The van der Waals surface area contributed by atoms with Gasteiger partial charge in [0, 0.05) is 49.9 Å². The third kappa shape index (κ3) is 3.00. The Morgan fingerprint density at radius 2 is 2.10 bits per heavy atom. The molecule has 0 saturated carbocycles. The molecule has 2 heterocycles. The third-order valence-electron chi connectivity index (χ3n) is 3.59. The summed E-state index contributed by atoms with van der Waals surface area (Å²) in [5.41, 5.74) is 1.80. The molecule has 1 aliphatic heterocycles. The van der Waals surface area contributed by atoms with Crippen molar-refractivity contribution in [3.8, 4) is 0 Å². The molecule has 6 heteroatoms. The normalized spacial score (nSPS) is 15.7. The zero-order chi connectivity index (χ0) is 14.7. The summed E-state index contributed by atoms with van der Waals surface area (Å²) >= 11 is 0. The smallest absolute Gasteiger partial charge is 0.270 e. The molecule has 1 saturated heterocycles. The van der Waals surface area contributed by atoms with Gasteiger partial charge in [-0.25, -0.2) is 0 Å². The summed E-state index contributed by atoms with van der Waals surface area (Å²) in [5, 5.41) is 15.0. The van der Waals surface area contributed by atoms with Gasteiger partial charge in [0.05, 0.1) is 10.4 Å². The number of piperazine rings is 1. The predicted molar refractivity (Wildman–Crippen MR) is 81.9 cm³/mol. The molecule has 1 aliphatic rings. The lowest BCUT2D eigenvalue weighted by molar-refractivity contribution is -0.384. The summed E-state index contributed by atoms with van der Waals surface area (Å²) in [6, 6.07) is 6.64. The van der Waals surface area contributed by atoms with Gasteiger partial charge in [0.2, 0.25) is 0 Å². The highest BCUT2D eigenvalue weighted by Crippen LogP contribution is 2.23. The fraction of sp³-hybridized carbons (Fsp3) is 0.267. The van der Waals surface area contributed by atoms with Crippen molar-refractivity contribution in [3.05, 3.63) is 52.3 Å². The lowest BCUT2D eigenvalue weighted by Gasteiger charge is -2.25. The van der Waals surface area contributed by atoms with Gasteiger partial charge in [-0.1, -0.05) is 0 Å². The summed E-state index contributed by atoms with van der Waals surface area (Å²) in [5.74, 6) is 0. The highest BCUT2D eigenvalue weighted by Gasteiger charge is 2.09. The minimum Gasteiger partial charge on any atom is -0.375 e. The molecule has 0 amide bonds. The number of nitro groups is 1. The van der Waals surface area contributed by atoms with E-state index in [1.807, 2.05) is 12.1 Å². The molecular formula is C15H16N4O2. The van der Waals surface area contributed by atoms with Crippen LogP contribution in [0, 0.1) is 10.1 Å². The number of benzene rings is 1. The van der Waals surface area contributed by atoms with E-state index in [1.165, 1.54) is 6.07 Å². The van der Waals surface area contributed by atoms with Crippen LogP contribution in [0.25, 0.3) is 17.0 Å². The van der Waals surface area contributed by atoms with Gasteiger partial charge in [-0.2, -0.15) is 0 Å². The molecule has 0 unspecified atom stereocenters. The van der Waals surface area contributed by atoms with Gasteiger partial charge in [-0.05, 0) is 30.0 Å². The molecule has 0 radical (unpaired) electrons. The Bertz CT molecular complexity index is 693. The molecule has 0 aliphatic carbocycles. The number of nitrogens with zero attached hydrogens (tertiary/aromatic N) is 3. The number of aromatic nitrogens is 1. The van der Waals surface area contributed by atoms with Crippen LogP contribution in [0.2, 0.25) is 0 Å². The monoisotopic (exact) mass is 284 g/mol. The SMILES string of the molecule is O=[N+]([O-])c1ccc2nccc(C=CN3CCNCC3)c2c1. The highest BCUT2D eigenvalue weighted by atomic mass is 16.6. The van der Waals surface area contributed by atoms with Gasteiger partial charge in [0.1, 0.15) is 0 Å². The molecule has 3 rings (SSSR count). The van der Waals surface area contributed by atoms with Crippen LogP contribution in [0.15, 0.2) is 36.7 Å². The fourth-order valence-corrected chi connectivity index (χ4v) is 2.43. The Morgan fingerprint density at radius 1 is 1.29 bits per heavy atom. The van der Waals surface area contributed by atoms with Crippen LogP contribution in [0.5, 0.6) is 0 Å². The molecule has 0 bridgehead atoms. The van der Waals surface area contributed by atoms with E-state index in [2.05, 4.69) is 21.4 Å². The van der Waals surface area contributed by atoms with Gasteiger partial charge < -0.3 is 10.2 Å². The molecule has 0 spiro atoms. The van der Waals surface area contributed by atoms with Crippen LogP contribution >= 0.6 is 0 Å². The Labute approximate surface area is 122 Å². The second-order valence-electron chi connectivity index (χ2n) is 4.96. The van der Waals surface area contributed by atoms with Crippen molar-refractivity contribution in [2.24, 2.45) is 0 Å². The first-order chi connectivity index (χ1) is 10.2. The lowest BCUT2D eigenvalue weighted by atomic mass is 10.1. The number of pyridine rings is 1. The molecule has 108 valence electrons. The zero-order valence-electron chi connectivity index (χ0n) is 11.5. The van der Waals surface area contributed by atoms with Crippen molar-refractivity contribution < 1.29 is 4.92 Å². The van der Waals surface area contributed by atoms with E-state index in [9.17, 15) is 10.1 Å². The molecule has 1 aromatic heterocycles. The first-order valence-electron chi connectivity index (χ1n) is 6.90. The first kappa shape index (κ1) is 13.5. The largest absolute Gasteiger partial charge is 0.375 e. The molecule has 6 nitrogen and oxygen atoms in total. The minimum atomic E-state index is -0.379. The molecule has 1 N–H and O–H groups in total. The maximum atomic E-state index is 10.9. The van der Waals surface area contributed by atoms with Crippen LogP contribution in [-0.2, 0) is 0 Å². The van der Waals surface area contributed by atoms with Gasteiger partial charge in [-0.3, -0.25) is 15.1 Å². The summed E-state index contributed by atoms with van der Waals surface area (Å²) in [4.78, 5) is 17.0. The van der Waals surface area contributed by atoms with E-state index in [-0.39, 0.29) is 10.6 Å². The number of non-ortho nitro benzene ring substituents is 1. The second kappa shape index (κ2) is 5.88. The molecular weight excluding hydrogens is 268 g/mol. The van der Waals surface area contributed by atoms with Gasteiger partial charge in [-0.15, -0.1) is 0 Å². The Kier molecular flexibility index (Phi) is 3.79. The third-order valence-corrected chi connectivity index (χ3v) is 3.59. The van der Waals surface area contributed by atoms with E-state index in [1.54, 1.807) is 18.3 Å². The summed E-state index contributed by atoms with van der Waals surface area (Å²) in [6.07, 6.45) is 5.78. The lowest BCUT2D eigenvalue weighted by Crippen LogP contribution is -2.40. The summed E-state index contributed by atoms with van der Waals surface area (Å²) in [7, 11) is 0. The molecule has 0 atom stereocenters. The van der Waals surface area contributed by atoms with E-state index >= 15 is 0 Å². The van der Waals surface area contributed by atoms with Crippen molar-refractivity contribution >= 4 is 22.7 Å². The fourth-order valence-electron chi connectivity index (χ4n) is 2.43. The molecule has 2 aromatic rings. The van der Waals surface area contributed by atoms with Crippen LogP contribution in [0.3, 0.4) is 0 Å². The molecule has 21 heavy (non-hydrogen) atoms. The van der Waals surface area contributed by atoms with E-state index in [0.717, 1.165) is 42.6 Å². The zero-order valence-corrected chi connectivity index (χ0v) is 11.5. The highest BCUT2D eigenvalue weighted by molar-refractivity contribution is 5.89. The van der Waals surface area contributed by atoms with E-state index < -0.39 is 0 Å². The number of hydrogen-bond acceptors (Lipinski definition) is 5. The van der Waals surface area contributed by atoms with Crippen LogP contribution in [-0.4, -0.2) is 41.0 Å².